The molecule has 3 nitrogen and oxygen atoms in total. The number of aliphatic hydroxyl groups is 1. The minimum atomic E-state index is 0.0214. The predicted octanol–water partition coefficient (Wildman–Crippen LogP) is 6.75. The second-order valence-electron chi connectivity index (χ2n) is 10.2. The summed E-state index contributed by atoms with van der Waals surface area (Å²) in [6, 6.07) is 0.0214. The van der Waals surface area contributed by atoms with Gasteiger partial charge >= 0.3 is 0 Å². The first-order chi connectivity index (χ1) is 13.8. The lowest BCUT2D eigenvalue weighted by Gasteiger charge is -2.34. The SMILES string of the molecule is CC(=CC(=O)N1CCCCC1CO)CCCC(C)CCCC(C)CCCC(C)C. The highest BCUT2D eigenvalue weighted by Crippen LogP contribution is 2.22. The molecule has 1 saturated heterocycles. The fourth-order valence-electron chi connectivity index (χ4n) is 4.55. The molecule has 1 fully saturated rings. The predicted molar refractivity (Wildman–Crippen MR) is 125 cm³/mol. The summed E-state index contributed by atoms with van der Waals surface area (Å²) >= 11 is 0. The van der Waals surface area contributed by atoms with Crippen molar-refractivity contribution >= 4 is 5.91 Å². The van der Waals surface area contributed by atoms with Crippen molar-refractivity contribution in [3.05, 3.63) is 11.6 Å². The average molecular weight is 408 g/mol. The van der Waals surface area contributed by atoms with Crippen LogP contribution in [0.1, 0.15) is 112 Å². The number of rotatable bonds is 14. The molecular formula is C26H49NO2. The molecule has 3 unspecified atom stereocenters. The fourth-order valence-corrected chi connectivity index (χ4v) is 4.55. The van der Waals surface area contributed by atoms with Crippen LogP contribution in [0, 0.1) is 17.8 Å². The molecule has 0 saturated carbocycles. The van der Waals surface area contributed by atoms with E-state index in [-0.39, 0.29) is 18.6 Å². The Kier molecular flexibility index (Phi) is 13.6. The molecule has 29 heavy (non-hydrogen) atoms. The maximum absolute atomic E-state index is 12.5. The molecular weight excluding hydrogens is 358 g/mol. The van der Waals surface area contributed by atoms with E-state index in [9.17, 15) is 9.90 Å². The van der Waals surface area contributed by atoms with Gasteiger partial charge in [-0.05, 0) is 56.8 Å². The molecule has 1 rings (SSSR count). The Bertz CT molecular complexity index is 471. The van der Waals surface area contributed by atoms with E-state index in [0.29, 0.717) is 0 Å². The summed E-state index contributed by atoms with van der Waals surface area (Å²) < 4.78 is 0. The van der Waals surface area contributed by atoms with E-state index < -0.39 is 0 Å². The molecule has 0 aromatic carbocycles. The van der Waals surface area contributed by atoms with Crippen LogP contribution in [0.15, 0.2) is 11.6 Å². The number of piperidine rings is 1. The molecule has 0 bridgehead atoms. The lowest BCUT2D eigenvalue weighted by atomic mass is 9.91. The Labute approximate surface area is 181 Å². The van der Waals surface area contributed by atoms with E-state index in [0.717, 1.165) is 50.0 Å². The minimum absolute atomic E-state index is 0.0214. The molecule has 0 spiro atoms. The topological polar surface area (TPSA) is 40.5 Å². The van der Waals surface area contributed by atoms with Crippen molar-refractivity contribution in [3.8, 4) is 0 Å². The van der Waals surface area contributed by atoms with E-state index in [4.69, 9.17) is 0 Å². The third-order valence-corrected chi connectivity index (χ3v) is 6.63. The van der Waals surface area contributed by atoms with Gasteiger partial charge in [-0.1, -0.05) is 78.2 Å². The number of amides is 1. The number of likely N-dealkylation sites (tertiary alicyclic amines) is 1. The van der Waals surface area contributed by atoms with Gasteiger partial charge in [0.2, 0.25) is 5.91 Å². The lowest BCUT2D eigenvalue weighted by Crippen LogP contribution is -2.45. The van der Waals surface area contributed by atoms with Gasteiger partial charge in [-0.15, -0.1) is 0 Å². The van der Waals surface area contributed by atoms with Crippen molar-refractivity contribution in [1.82, 2.24) is 4.90 Å². The van der Waals surface area contributed by atoms with Crippen LogP contribution < -0.4 is 0 Å². The molecule has 170 valence electrons. The highest BCUT2D eigenvalue weighted by molar-refractivity contribution is 5.88. The van der Waals surface area contributed by atoms with Crippen molar-refractivity contribution in [1.29, 1.82) is 0 Å². The van der Waals surface area contributed by atoms with Crippen molar-refractivity contribution < 1.29 is 9.90 Å². The van der Waals surface area contributed by atoms with E-state index in [1.165, 1.54) is 56.9 Å². The normalized spacial score (nSPS) is 20.2. The van der Waals surface area contributed by atoms with Gasteiger partial charge in [0.05, 0.1) is 12.6 Å². The summed E-state index contributed by atoms with van der Waals surface area (Å²) in [6.07, 6.45) is 16.6. The maximum Gasteiger partial charge on any atom is 0.246 e. The van der Waals surface area contributed by atoms with Gasteiger partial charge in [0.1, 0.15) is 0 Å². The van der Waals surface area contributed by atoms with Crippen LogP contribution in [0.25, 0.3) is 0 Å². The summed E-state index contributed by atoms with van der Waals surface area (Å²) in [6.45, 7) is 12.4. The monoisotopic (exact) mass is 407 g/mol. The first kappa shape index (κ1) is 26.2. The van der Waals surface area contributed by atoms with Crippen LogP contribution in [-0.2, 0) is 4.79 Å². The number of hydrogen-bond donors (Lipinski definition) is 1. The highest BCUT2D eigenvalue weighted by atomic mass is 16.3. The first-order valence-electron chi connectivity index (χ1n) is 12.4. The third kappa shape index (κ3) is 11.8. The Hall–Kier alpha value is -0.830. The standard InChI is InChI=1S/C26H49NO2/c1-21(2)11-8-12-22(3)13-9-14-23(4)15-10-16-24(5)19-26(29)27-18-7-6-17-25(27)20-28/h19,21-23,25,28H,6-18,20H2,1-5H3. The Morgan fingerprint density at radius 2 is 1.55 bits per heavy atom. The molecule has 1 N–H and O–H groups in total. The van der Waals surface area contributed by atoms with E-state index >= 15 is 0 Å². The smallest absolute Gasteiger partial charge is 0.246 e. The minimum Gasteiger partial charge on any atom is -0.394 e. The fraction of sp³-hybridized carbons (Fsp3) is 0.885. The van der Waals surface area contributed by atoms with Gasteiger partial charge in [-0.25, -0.2) is 0 Å². The van der Waals surface area contributed by atoms with Crippen molar-refractivity contribution in [2.75, 3.05) is 13.2 Å². The number of allylic oxidation sites excluding steroid dienone is 1. The molecule has 0 aromatic heterocycles. The van der Waals surface area contributed by atoms with Crippen LogP contribution >= 0.6 is 0 Å². The van der Waals surface area contributed by atoms with Gasteiger partial charge in [-0.3, -0.25) is 4.79 Å². The van der Waals surface area contributed by atoms with Crippen LogP contribution in [0.5, 0.6) is 0 Å². The molecule has 1 heterocycles. The quantitative estimate of drug-likeness (QED) is 0.324. The Balaban J connectivity index is 2.18. The van der Waals surface area contributed by atoms with Crippen molar-refractivity contribution in [2.24, 2.45) is 17.8 Å². The van der Waals surface area contributed by atoms with Crippen LogP contribution in [0.3, 0.4) is 0 Å². The number of carbonyl (C=O) groups is 1. The zero-order valence-electron chi connectivity index (χ0n) is 20.1. The summed E-state index contributed by atoms with van der Waals surface area (Å²) in [5.74, 6) is 2.59. The molecule has 3 atom stereocenters. The van der Waals surface area contributed by atoms with E-state index in [1.807, 2.05) is 11.0 Å². The molecule has 0 radical (unpaired) electrons. The zero-order valence-corrected chi connectivity index (χ0v) is 20.1. The zero-order chi connectivity index (χ0) is 21.6. The van der Waals surface area contributed by atoms with E-state index in [1.54, 1.807) is 0 Å². The summed E-state index contributed by atoms with van der Waals surface area (Å²) in [5, 5.41) is 9.50. The Morgan fingerprint density at radius 1 is 0.966 bits per heavy atom. The number of carbonyl (C=O) groups excluding carboxylic acids is 1. The van der Waals surface area contributed by atoms with Crippen LogP contribution in [-0.4, -0.2) is 35.1 Å². The highest BCUT2D eigenvalue weighted by Gasteiger charge is 2.24. The largest absolute Gasteiger partial charge is 0.394 e. The number of hydrogen-bond acceptors (Lipinski definition) is 2. The van der Waals surface area contributed by atoms with Crippen LogP contribution in [0.2, 0.25) is 0 Å². The number of aliphatic hydroxyl groups excluding tert-OH is 1. The second kappa shape index (κ2) is 15.0. The summed E-state index contributed by atoms with van der Waals surface area (Å²) in [5.41, 5.74) is 1.18. The second-order valence-corrected chi connectivity index (χ2v) is 10.2. The lowest BCUT2D eigenvalue weighted by molar-refractivity contribution is -0.130. The molecule has 0 aromatic rings. The van der Waals surface area contributed by atoms with E-state index in [2.05, 4.69) is 34.6 Å². The molecule has 1 aliphatic heterocycles. The molecule has 1 amide bonds. The van der Waals surface area contributed by atoms with Gasteiger partial charge in [0.25, 0.3) is 0 Å². The summed E-state index contributed by atoms with van der Waals surface area (Å²) in [7, 11) is 0. The average Bonchev–Trinajstić information content (AvgIpc) is 2.67. The maximum atomic E-state index is 12.5. The number of nitrogens with zero attached hydrogens (tertiary/aromatic N) is 1. The van der Waals surface area contributed by atoms with Crippen molar-refractivity contribution in [3.63, 3.8) is 0 Å². The third-order valence-electron chi connectivity index (χ3n) is 6.63. The van der Waals surface area contributed by atoms with Gasteiger partial charge in [0.15, 0.2) is 0 Å². The van der Waals surface area contributed by atoms with Gasteiger partial charge in [-0.2, -0.15) is 0 Å². The molecule has 3 heteroatoms. The van der Waals surface area contributed by atoms with Crippen LogP contribution in [0.4, 0.5) is 0 Å². The molecule has 0 aliphatic carbocycles. The first-order valence-corrected chi connectivity index (χ1v) is 12.4. The molecule has 1 aliphatic rings. The summed E-state index contributed by atoms with van der Waals surface area (Å²) in [4.78, 5) is 14.4. The Morgan fingerprint density at radius 3 is 2.14 bits per heavy atom. The van der Waals surface area contributed by atoms with Gasteiger partial charge in [0, 0.05) is 12.6 Å². The van der Waals surface area contributed by atoms with Gasteiger partial charge < -0.3 is 10.0 Å². The van der Waals surface area contributed by atoms with Crippen molar-refractivity contribution in [2.45, 2.75) is 118 Å².